The number of rotatable bonds is 7. The highest BCUT2D eigenvalue weighted by Gasteiger charge is 2.39. The summed E-state index contributed by atoms with van der Waals surface area (Å²) in [6, 6.07) is 16.6. The van der Waals surface area contributed by atoms with Crippen LogP contribution in [0.25, 0.3) is 5.69 Å². The minimum Gasteiger partial charge on any atom is -0.353 e. The van der Waals surface area contributed by atoms with Crippen LogP contribution >= 0.6 is 11.8 Å². The lowest BCUT2D eigenvalue weighted by atomic mass is 9.87. The molecule has 0 unspecified atom stereocenters. The van der Waals surface area contributed by atoms with E-state index < -0.39 is 0 Å². The molecule has 0 bridgehead atoms. The predicted molar refractivity (Wildman–Crippen MR) is 156 cm³/mol. The van der Waals surface area contributed by atoms with Gasteiger partial charge in [0.25, 0.3) is 0 Å². The Morgan fingerprint density at radius 3 is 2.45 bits per heavy atom. The molecule has 2 aromatic carbocycles. The molecule has 2 heterocycles. The first-order valence-corrected chi connectivity index (χ1v) is 14.1. The van der Waals surface area contributed by atoms with Crippen molar-refractivity contribution in [3.05, 3.63) is 76.5 Å². The highest BCUT2D eigenvalue weighted by molar-refractivity contribution is 8.00. The number of thioether (sulfide) groups is 1. The smallest absolute Gasteiger partial charge is 0.240 e. The second kappa shape index (κ2) is 11.3. The standard InChI is InChI=1S/C30H39N5O2S/c1-20-11-13-23(14-12-20)35-29-26(28(32-35)30(3,4)5)27(22-10-8-9-21(2)17-22)38-19-25(37)34(29)18-24(36)31-15-16-33(6)7/h8-14,17,27H,15-16,18-19H2,1-7H3,(H,31,36)/t27-/m1/s1. The number of aryl methyl sites for hydroxylation is 2. The molecule has 7 nitrogen and oxygen atoms in total. The third-order valence-corrected chi connectivity index (χ3v) is 7.86. The summed E-state index contributed by atoms with van der Waals surface area (Å²) in [6.07, 6.45) is 0. The SMILES string of the molecule is Cc1ccc(-n2nc(C(C)(C)C)c3c2N(CC(=O)NCCN(C)C)C(=O)CS[C@@H]3c2cccc(C)c2)cc1. The number of amides is 2. The van der Waals surface area contributed by atoms with Gasteiger partial charge in [-0.05, 0) is 45.6 Å². The van der Waals surface area contributed by atoms with Gasteiger partial charge in [0.1, 0.15) is 12.4 Å². The zero-order valence-corrected chi connectivity index (χ0v) is 24.4. The molecule has 2 amide bonds. The Morgan fingerprint density at radius 1 is 1.11 bits per heavy atom. The van der Waals surface area contributed by atoms with Crippen molar-refractivity contribution in [2.45, 2.75) is 45.3 Å². The van der Waals surface area contributed by atoms with Crippen LogP contribution in [0.2, 0.25) is 0 Å². The third kappa shape index (κ3) is 6.13. The number of benzene rings is 2. The van der Waals surface area contributed by atoms with Crippen LogP contribution in [0.15, 0.2) is 48.5 Å². The first-order valence-electron chi connectivity index (χ1n) is 13.1. The average molecular weight is 534 g/mol. The zero-order valence-electron chi connectivity index (χ0n) is 23.5. The van der Waals surface area contributed by atoms with E-state index in [0.717, 1.165) is 34.6 Å². The Balaban J connectivity index is 1.92. The van der Waals surface area contributed by atoms with E-state index in [9.17, 15) is 9.59 Å². The lowest BCUT2D eigenvalue weighted by Crippen LogP contribution is -2.43. The number of aromatic nitrogens is 2. The molecule has 0 saturated carbocycles. The van der Waals surface area contributed by atoms with E-state index in [-0.39, 0.29) is 34.8 Å². The van der Waals surface area contributed by atoms with E-state index in [1.54, 1.807) is 16.7 Å². The van der Waals surface area contributed by atoms with Gasteiger partial charge in [-0.15, -0.1) is 11.8 Å². The molecule has 0 aliphatic carbocycles. The molecule has 4 rings (SSSR count). The van der Waals surface area contributed by atoms with E-state index in [2.05, 4.69) is 57.3 Å². The molecule has 1 aliphatic rings. The lowest BCUT2D eigenvalue weighted by molar-refractivity contribution is -0.122. The normalized spacial score (nSPS) is 15.9. The maximum absolute atomic E-state index is 13.7. The van der Waals surface area contributed by atoms with E-state index >= 15 is 0 Å². The number of hydrogen-bond acceptors (Lipinski definition) is 5. The van der Waals surface area contributed by atoms with Crippen LogP contribution in [0.5, 0.6) is 0 Å². The molecule has 0 radical (unpaired) electrons. The van der Waals surface area contributed by atoms with Crippen LogP contribution in [0, 0.1) is 13.8 Å². The van der Waals surface area contributed by atoms with Crippen molar-refractivity contribution in [2.24, 2.45) is 0 Å². The maximum atomic E-state index is 13.7. The Labute approximate surface area is 230 Å². The Kier molecular flexibility index (Phi) is 8.33. The minimum atomic E-state index is -0.282. The molecule has 0 saturated heterocycles. The van der Waals surface area contributed by atoms with Gasteiger partial charge in [0.05, 0.1) is 22.4 Å². The molecule has 1 aromatic heterocycles. The van der Waals surface area contributed by atoms with Gasteiger partial charge in [-0.25, -0.2) is 4.68 Å². The summed E-state index contributed by atoms with van der Waals surface area (Å²) in [6.45, 7) is 11.8. The lowest BCUT2D eigenvalue weighted by Gasteiger charge is -2.25. The topological polar surface area (TPSA) is 70.5 Å². The number of anilines is 1. The van der Waals surface area contributed by atoms with E-state index in [0.29, 0.717) is 12.4 Å². The fraction of sp³-hybridized carbons (Fsp3) is 0.433. The number of hydrogen-bond donors (Lipinski definition) is 1. The largest absolute Gasteiger partial charge is 0.353 e. The zero-order chi connectivity index (χ0) is 27.6. The number of nitrogens with zero attached hydrogens (tertiary/aromatic N) is 4. The van der Waals surface area contributed by atoms with Crippen molar-refractivity contribution in [3.63, 3.8) is 0 Å². The summed E-state index contributed by atoms with van der Waals surface area (Å²) in [5.74, 6) is 0.681. The quantitative estimate of drug-likeness (QED) is 0.479. The van der Waals surface area contributed by atoms with Crippen LogP contribution in [0.3, 0.4) is 0 Å². The Morgan fingerprint density at radius 2 is 1.82 bits per heavy atom. The number of fused-ring (bicyclic) bond motifs is 1. The summed E-state index contributed by atoms with van der Waals surface area (Å²) in [4.78, 5) is 30.5. The van der Waals surface area contributed by atoms with Gasteiger partial charge in [0.2, 0.25) is 11.8 Å². The summed E-state index contributed by atoms with van der Waals surface area (Å²) in [5.41, 5.74) is 5.96. The first-order chi connectivity index (χ1) is 18.0. The van der Waals surface area contributed by atoms with Gasteiger partial charge >= 0.3 is 0 Å². The molecule has 38 heavy (non-hydrogen) atoms. The Bertz CT molecular complexity index is 1310. The molecule has 1 N–H and O–H groups in total. The number of likely N-dealkylation sites (N-methyl/N-ethyl adjacent to an activating group) is 1. The van der Waals surface area contributed by atoms with Crippen LogP contribution in [-0.4, -0.2) is 66.0 Å². The second-order valence-electron chi connectivity index (χ2n) is 11.3. The first kappa shape index (κ1) is 27.9. The summed E-state index contributed by atoms with van der Waals surface area (Å²) < 4.78 is 1.87. The fourth-order valence-electron chi connectivity index (χ4n) is 4.65. The minimum absolute atomic E-state index is 0.0541. The predicted octanol–water partition coefficient (Wildman–Crippen LogP) is 4.63. The number of carbonyl (C=O) groups is 2. The van der Waals surface area contributed by atoms with Gasteiger partial charge in [-0.3, -0.25) is 14.5 Å². The molecular formula is C30H39N5O2S. The van der Waals surface area contributed by atoms with E-state index in [4.69, 9.17) is 5.10 Å². The summed E-state index contributed by atoms with van der Waals surface area (Å²) in [7, 11) is 3.93. The van der Waals surface area contributed by atoms with Crippen molar-refractivity contribution in [1.29, 1.82) is 0 Å². The van der Waals surface area contributed by atoms with E-state index in [1.165, 1.54) is 5.56 Å². The molecule has 202 valence electrons. The molecule has 0 fully saturated rings. The van der Waals surface area contributed by atoms with Crippen LogP contribution < -0.4 is 10.2 Å². The molecule has 1 atom stereocenters. The van der Waals surface area contributed by atoms with Gasteiger partial charge in [-0.2, -0.15) is 5.10 Å². The summed E-state index contributed by atoms with van der Waals surface area (Å²) >= 11 is 1.61. The average Bonchev–Trinajstić information content (AvgIpc) is 3.17. The molecule has 1 aliphatic heterocycles. The van der Waals surface area contributed by atoms with Crippen LogP contribution in [0.4, 0.5) is 5.82 Å². The molecule has 3 aromatic rings. The number of nitrogens with one attached hydrogen (secondary N) is 1. The van der Waals surface area contributed by atoms with Crippen molar-refractivity contribution in [2.75, 3.05) is 44.4 Å². The highest BCUT2D eigenvalue weighted by atomic mass is 32.2. The van der Waals surface area contributed by atoms with Crippen LogP contribution in [0.1, 0.15) is 54.0 Å². The van der Waals surface area contributed by atoms with Gasteiger partial charge < -0.3 is 10.2 Å². The second-order valence-corrected chi connectivity index (χ2v) is 12.4. The van der Waals surface area contributed by atoms with Crippen molar-refractivity contribution in [1.82, 2.24) is 20.0 Å². The van der Waals surface area contributed by atoms with Gasteiger partial charge in [-0.1, -0.05) is 68.3 Å². The highest BCUT2D eigenvalue weighted by Crippen LogP contribution is 2.48. The van der Waals surface area contributed by atoms with Crippen molar-refractivity contribution < 1.29 is 9.59 Å². The fourth-order valence-corrected chi connectivity index (χ4v) is 5.84. The van der Waals surface area contributed by atoms with Gasteiger partial charge in [0.15, 0.2) is 0 Å². The maximum Gasteiger partial charge on any atom is 0.240 e. The number of carbonyl (C=O) groups excluding carboxylic acids is 2. The third-order valence-electron chi connectivity index (χ3n) is 6.61. The molecule has 0 spiro atoms. The molecular weight excluding hydrogens is 494 g/mol. The van der Waals surface area contributed by atoms with Crippen LogP contribution in [-0.2, 0) is 15.0 Å². The van der Waals surface area contributed by atoms with Crippen molar-refractivity contribution in [3.8, 4) is 5.69 Å². The Hall–Kier alpha value is -3.10. The van der Waals surface area contributed by atoms with E-state index in [1.807, 2.05) is 54.9 Å². The molecule has 8 heteroatoms. The monoisotopic (exact) mass is 533 g/mol. The van der Waals surface area contributed by atoms with Gasteiger partial charge in [0, 0.05) is 24.1 Å². The summed E-state index contributed by atoms with van der Waals surface area (Å²) in [5, 5.41) is 8.03. The van der Waals surface area contributed by atoms with Crippen molar-refractivity contribution >= 4 is 29.4 Å².